The van der Waals surface area contributed by atoms with Crippen LogP contribution in [-0.4, -0.2) is 41.8 Å². The van der Waals surface area contributed by atoms with Gasteiger partial charge in [-0.25, -0.2) is 0 Å². The molecule has 0 amide bonds. The van der Waals surface area contributed by atoms with Gasteiger partial charge in [0.25, 0.3) is 10.0 Å². The van der Waals surface area contributed by atoms with Gasteiger partial charge in [0.15, 0.2) is 6.29 Å². The number of anilines is 1. The quantitative estimate of drug-likeness (QED) is 0.758. The normalized spacial score (nSPS) is 16.9. The standard InChI is InChI=1S/C11H14N2O4S/c1-16-11(17-2)7-13-8-12-18(14,15)10-6-4-3-5-9(10)13/h3-6,8,11H,7H2,1-2H3. The molecule has 0 aliphatic carbocycles. The number of sulfonamides is 1. The summed E-state index contributed by atoms with van der Waals surface area (Å²) in [5.74, 6) is 0. The van der Waals surface area contributed by atoms with Crippen LogP contribution < -0.4 is 4.90 Å². The Morgan fingerprint density at radius 3 is 2.61 bits per heavy atom. The number of rotatable bonds is 4. The molecular formula is C11H14N2O4S. The molecule has 0 N–H and O–H groups in total. The van der Waals surface area contributed by atoms with Gasteiger partial charge >= 0.3 is 0 Å². The highest BCUT2D eigenvalue weighted by Crippen LogP contribution is 2.29. The number of hydrogen-bond acceptors (Lipinski definition) is 5. The summed E-state index contributed by atoms with van der Waals surface area (Å²) in [7, 11) is -0.527. The second kappa shape index (κ2) is 5.05. The molecular weight excluding hydrogens is 256 g/mol. The first-order valence-corrected chi connectivity index (χ1v) is 6.74. The number of fused-ring (bicyclic) bond motifs is 1. The van der Waals surface area contributed by atoms with Gasteiger partial charge < -0.3 is 14.4 Å². The fraction of sp³-hybridized carbons (Fsp3) is 0.364. The molecule has 0 spiro atoms. The van der Waals surface area contributed by atoms with E-state index in [1.807, 2.05) is 0 Å². The molecule has 18 heavy (non-hydrogen) atoms. The van der Waals surface area contributed by atoms with E-state index in [0.717, 1.165) is 0 Å². The lowest BCUT2D eigenvalue weighted by Gasteiger charge is -2.27. The summed E-state index contributed by atoms with van der Waals surface area (Å²) in [5, 5.41) is 0. The summed E-state index contributed by atoms with van der Waals surface area (Å²) in [5.41, 5.74) is 0.576. The van der Waals surface area contributed by atoms with E-state index in [4.69, 9.17) is 9.47 Å². The van der Waals surface area contributed by atoms with Gasteiger partial charge in [-0.05, 0) is 12.1 Å². The number of methoxy groups -OCH3 is 2. The average Bonchev–Trinajstić information content (AvgIpc) is 2.38. The molecule has 1 heterocycles. The van der Waals surface area contributed by atoms with E-state index in [2.05, 4.69) is 4.40 Å². The molecule has 2 rings (SSSR count). The van der Waals surface area contributed by atoms with Crippen LogP contribution in [0.25, 0.3) is 0 Å². The van der Waals surface area contributed by atoms with Crippen LogP contribution >= 0.6 is 0 Å². The van der Waals surface area contributed by atoms with Crippen LogP contribution in [0.3, 0.4) is 0 Å². The van der Waals surface area contributed by atoms with Crippen LogP contribution in [0.2, 0.25) is 0 Å². The summed E-state index contributed by atoms with van der Waals surface area (Å²) in [4.78, 5) is 1.88. The largest absolute Gasteiger partial charge is 0.354 e. The Morgan fingerprint density at radius 1 is 1.28 bits per heavy atom. The highest BCUT2D eigenvalue weighted by molar-refractivity contribution is 7.90. The topological polar surface area (TPSA) is 68.2 Å². The van der Waals surface area contributed by atoms with Crippen molar-refractivity contribution < 1.29 is 17.9 Å². The molecule has 0 unspecified atom stereocenters. The van der Waals surface area contributed by atoms with Crippen molar-refractivity contribution in [3.8, 4) is 0 Å². The van der Waals surface area contributed by atoms with E-state index in [-0.39, 0.29) is 4.90 Å². The van der Waals surface area contributed by atoms with Gasteiger partial charge in [-0.3, -0.25) is 0 Å². The third-order valence-electron chi connectivity index (χ3n) is 2.65. The van der Waals surface area contributed by atoms with Crippen molar-refractivity contribution in [2.45, 2.75) is 11.2 Å². The first-order chi connectivity index (χ1) is 8.58. The van der Waals surface area contributed by atoms with Gasteiger partial charge in [0.1, 0.15) is 11.2 Å². The monoisotopic (exact) mass is 270 g/mol. The molecule has 7 heteroatoms. The molecule has 6 nitrogen and oxygen atoms in total. The Kier molecular flexibility index (Phi) is 3.65. The van der Waals surface area contributed by atoms with Crippen molar-refractivity contribution >= 4 is 22.0 Å². The zero-order valence-electron chi connectivity index (χ0n) is 10.1. The van der Waals surface area contributed by atoms with Gasteiger partial charge in [0.05, 0.1) is 12.2 Å². The smallest absolute Gasteiger partial charge is 0.285 e. The molecule has 98 valence electrons. The Labute approximate surface area is 106 Å². The van der Waals surface area contributed by atoms with E-state index in [1.54, 1.807) is 23.1 Å². The summed E-state index contributed by atoms with van der Waals surface area (Å²) in [6.07, 6.45) is 0.827. The zero-order chi connectivity index (χ0) is 13.2. The number of hydrogen-bond donors (Lipinski definition) is 0. The van der Waals surface area contributed by atoms with Crippen LogP contribution in [-0.2, 0) is 19.5 Å². The molecule has 1 aliphatic rings. The third kappa shape index (κ3) is 2.38. The molecule has 0 atom stereocenters. The summed E-state index contributed by atoms with van der Waals surface area (Å²) < 4.78 is 37.3. The molecule has 1 aromatic carbocycles. The summed E-state index contributed by atoms with van der Waals surface area (Å²) in [6, 6.07) is 6.69. The van der Waals surface area contributed by atoms with Crippen molar-refractivity contribution in [3.63, 3.8) is 0 Å². The lowest BCUT2D eigenvalue weighted by atomic mass is 10.3. The fourth-order valence-electron chi connectivity index (χ4n) is 1.70. The molecule has 0 saturated heterocycles. The summed E-state index contributed by atoms with van der Waals surface area (Å²) >= 11 is 0. The number of nitrogens with zero attached hydrogens (tertiary/aromatic N) is 2. The lowest BCUT2D eigenvalue weighted by Crippen LogP contribution is -2.36. The fourth-order valence-corrected chi connectivity index (χ4v) is 2.75. The van der Waals surface area contributed by atoms with E-state index in [9.17, 15) is 8.42 Å². The van der Waals surface area contributed by atoms with Crippen molar-refractivity contribution in [1.29, 1.82) is 0 Å². The average molecular weight is 270 g/mol. The minimum Gasteiger partial charge on any atom is -0.354 e. The van der Waals surface area contributed by atoms with Gasteiger partial charge in [0, 0.05) is 14.2 Å². The minimum atomic E-state index is -3.58. The summed E-state index contributed by atoms with van der Waals surface area (Å²) in [6.45, 7) is 0.364. The van der Waals surface area contributed by atoms with Crippen LogP contribution in [0.4, 0.5) is 5.69 Å². The van der Waals surface area contributed by atoms with Crippen molar-refractivity contribution in [2.24, 2.45) is 4.40 Å². The molecule has 0 aromatic heterocycles. The SMILES string of the molecule is COC(CN1C=NS(=O)(=O)c2ccccc21)OC. The molecule has 1 aromatic rings. The first-order valence-electron chi connectivity index (χ1n) is 5.30. The molecule has 0 bridgehead atoms. The molecule has 0 fully saturated rings. The van der Waals surface area contributed by atoms with Crippen molar-refractivity contribution in [3.05, 3.63) is 24.3 Å². The van der Waals surface area contributed by atoms with E-state index in [1.165, 1.54) is 26.6 Å². The van der Waals surface area contributed by atoms with Crippen LogP contribution in [0.5, 0.6) is 0 Å². The second-order valence-electron chi connectivity index (χ2n) is 3.72. The van der Waals surface area contributed by atoms with Gasteiger partial charge in [-0.1, -0.05) is 12.1 Å². The van der Waals surface area contributed by atoms with Crippen LogP contribution in [0.15, 0.2) is 33.6 Å². The maximum absolute atomic E-state index is 11.8. The van der Waals surface area contributed by atoms with Crippen LogP contribution in [0, 0.1) is 0 Å². The van der Waals surface area contributed by atoms with Crippen LogP contribution in [0.1, 0.15) is 0 Å². The lowest BCUT2D eigenvalue weighted by molar-refractivity contribution is -0.0934. The number of ether oxygens (including phenoxy) is 2. The van der Waals surface area contributed by atoms with Gasteiger partial charge in [-0.2, -0.15) is 8.42 Å². The highest BCUT2D eigenvalue weighted by Gasteiger charge is 2.26. The maximum atomic E-state index is 11.8. The van der Waals surface area contributed by atoms with E-state index >= 15 is 0 Å². The third-order valence-corrected chi connectivity index (χ3v) is 3.92. The Bertz CT molecular complexity index is 552. The van der Waals surface area contributed by atoms with E-state index in [0.29, 0.717) is 12.2 Å². The highest BCUT2D eigenvalue weighted by atomic mass is 32.2. The molecule has 0 saturated carbocycles. The van der Waals surface area contributed by atoms with Crippen molar-refractivity contribution in [1.82, 2.24) is 0 Å². The molecule has 0 radical (unpaired) electrons. The maximum Gasteiger partial charge on any atom is 0.285 e. The predicted octanol–water partition coefficient (Wildman–Crippen LogP) is 0.842. The van der Waals surface area contributed by atoms with Gasteiger partial charge in [-0.15, -0.1) is 4.40 Å². The Hall–Kier alpha value is -1.44. The van der Waals surface area contributed by atoms with Gasteiger partial charge in [0.2, 0.25) is 0 Å². The second-order valence-corrected chi connectivity index (χ2v) is 5.32. The molecule has 1 aliphatic heterocycles. The first kappa shape index (κ1) is 13.0. The number of para-hydroxylation sites is 1. The Morgan fingerprint density at radius 2 is 1.94 bits per heavy atom. The zero-order valence-corrected chi connectivity index (χ0v) is 10.9. The number of benzene rings is 1. The Balaban J connectivity index is 2.36. The minimum absolute atomic E-state index is 0.193. The van der Waals surface area contributed by atoms with E-state index < -0.39 is 16.3 Å². The predicted molar refractivity (Wildman–Crippen MR) is 67.3 cm³/mol. The van der Waals surface area contributed by atoms with Crippen molar-refractivity contribution in [2.75, 3.05) is 25.7 Å².